The van der Waals surface area contributed by atoms with Gasteiger partial charge >= 0.3 is 0 Å². The van der Waals surface area contributed by atoms with E-state index in [-0.39, 0.29) is 12.4 Å². The molecule has 0 aromatic rings. The third-order valence-corrected chi connectivity index (χ3v) is 6.36. The van der Waals surface area contributed by atoms with Crippen LogP contribution in [0.3, 0.4) is 0 Å². The molecule has 122 valence electrons. The Hall–Kier alpha value is 0.0700. The maximum atomic E-state index is 12.6. The van der Waals surface area contributed by atoms with Crippen LogP contribution in [0, 0.1) is 5.92 Å². The van der Waals surface area contributed by atoms with Crippen molar-refractivity contribution in [1.29, 1.82) is 0 Å². The molecule has 1 aliphatic carbocycles. The molecule has 1 saturated carbocycles. The highest BCUT2D eigenvalue weighted by molar-refractivity contribution is 7.99. The van der Waals surface area contributed by atoms with E-state index in [2.05, 4.69) is 10.2 Å². The number of likely N-dealkylation sites (tertiary alicyclic amines) is 1. The molecule has 21 heavy (non-hydrogen) atoms. The van der Waals surface area contributed by atoms with Crippen LogP contribution in [0.2, 0.25) is 0 Å². The van der Waals surface area contributed by atoms with Gasteiger partial charge in [-0.25, -0.2) is 0 Å². The standard InChI is InChI=1S/C16H28N2OS.ClH/c19-16(11-14-12-20-10-8-17-14)18-9-4-7-15(18)13-5-2-1-3-6-13;/h13-15,17H,1-12H2;1H. The molecule has 1 amide bonds. The Morgan fingerprint density at radius 1 is 1.14 bits per heavy atom. The summed E-state index contributed by atoms with van der Waals surface area (Å²) in [6, 6.07) is 0.980. The zero-order valence-corrected chi connectivity index (χ0v) is 14.5. The molecule has 1 N–H and O–H groups in total. The molecule has 3 nitrogen and oxygen atoms in total. The van der Waals surface area contributed by atoms with Crippen molar-refractivity contribution in [3.63, 3.8) is 0 Å². The van der Waals surface area contributed by atoms with E-state index in [1.54, 1.807) is 0 Å². The number of carbonyl (C=O) groups excluding carboxylic acids is 1. The molecule has 0 radical (unpaired) electrons. The van der Waals surface area contributed by atoms with Gasteiger partial charge in [0.1, 0.15) is 0 Å². The zero-order chi connectivity index (χ0) is 13.8. The summed E-state index contributed by atoms with van der Waals surface area (Å²) in [5, 5.41) is 3.50. The second kappa shape index (κ2) is 8.64. The lowest BCUT2D eigenvalue weighted by molar-refractivity contribution is -0.133. The van der Waals surface area contributed by atoms with E-state index in [4.69, 9.17) is 0 Å². The summed E-state index contributed by atoms with van der Waals surface area (Å²) in [6.45, 7) is 2.08. The first-order valence-electron chi connectivity index (χ1n) is 8.45. The van der Waals surface area contributed by atoms with Crippen LogP contribution in [-0.4, -0.2) is 47.5 Å². The number of rotatable bonds is 3. The highest BCUT2D eigenvalue weighted by Crippen LogP contribution is 2.34. The highest BCUT2D eigenvalue weighted by Gasteiger charge is 2.35. The number of nitrogens with one attached hydrogen (secondary N) is 1. The number of hydrogen-bond acceptors (Lipinski definition) is 3. The molecule has 2 aliphatic heterocycles. The Kier molecular flexibility index (Phi) is 7.17. The van der Waals surface area contributed by atoms with Gasteiger partial charge in [-0.3, -0.25) is 4.79 Å². The van der Waals surface area contributed by atoms with Gasteiger partial charge in [0.05, 0.1) is 0 Å². The molecule has 2 atom stereocenters. The third-order valence-electron chi connectivity index (χ3n) is 5.23. The number of carbonyl (C=O) groups is 1. The summed E-state index contributed by atoms with van der Waals surface area (Å²) in [5.41, 5.74) is 0. The molecule has 2 unspecified atom stereocenters. The fourth-order valence-electron chi connectivity index (χ4n) is 4.19. The van der Waals surface area contributed by atoms with Crippen molar-refractivity contribution >= 4 is 30.1 Å². The van der Waals surface area contributed by atoms with Gasteiger partial charge in [0.25, 0.3) is 0 Å². The Morgan fingerprint density at radius 2 is 1.95 bits per heavy atom. The Labute approximate surface area is 139 Å². The van der Waals surface area contributed by atoms with Gasteiger partial charge in [0.15, 0.2) is 0 Å². The SMILES string of the molecule is Cl.O=C(CC1CSCCN1)N1CCCC1C1CCCCC1. The van der Waals surface area contributed by atoms with Crippen LogP contribution in [0.15, 0.2) is 0 Å². The van der Waals surface area contributed by atoms with Crippen LogP contribution in [0.4, 0.5) is 0 Å². The predicted octanol–water partition coefficient (Wildman–Crippen LogP) is 3.07. The zero-order valence-electron chi connectivity index (χ0n) is 12.9. The fourth-order valence-corrected chi connectivity index (χ4v) is 5.14. The van der Waals surface area contributed by atoms with Crippen LogP contribution in [0.1, 0.15) is 51.4 Å². The molecular weight excluding hydrogens is 304 g/mol. The molecule has 2 saturated heterocycles. The van der Waals surface area contributed by atoms with Crippen LogP contribution < -0.4 is 5.32 Å². The summed E-state index contributed by atoms with van der Waals surface area (Å²) >= 11 is 1.98. The smallest absolute Gasteiger partial charge is 0.224 e. The van der Waals surface area contributed by atoms with E-state index < -0.39 is 0 Å². The molecule has 3 aliphatic rings. The highest BCUT2D eigenvalue weighted by atomic mass is 35.5. The summed E-state index contributed by atoms with van der Waals surface area (Å²) in [6.07, 6.45) is 10.1. The average Bonchev–Trinajstić information content (AvgIpc) is 2.99. The van der Waals surface area contributed by atoms with Crippen molar-refractivity contribution < 1.29 is 4.79 Å². The summed E-state index contributed by atoms with van der Waals surface area (Å²) in [5.74, 6) is 3.51. The van der Waals surface area contributed by atoms with Gasteiger partial charge in [-0.15, -0.1) is 12.4 Å². The van der Waals surface area contributed by atoms with Gasteiger partial charge in [0.2, 0.25) is 5.91 Å². The van der Waals surface area contributed by atoms with Crippen molar-refractivity contribution in [3.8, 4) is 0 Å². The van der Waals surface area contributed by atoms with Crippen LogP contribution >= 0.6 is 24.2 Å². The van der Waals surface area contributed by atoms with Crippen molar-refractivity contribution in [2.24, 2.45) is 5.92 Å². The molecular formula is C16H29ClN2OS. The van der Waals surface area contributed by atoms with Gasteiger partial charge < -0.3 is 10.2 Å². The van der Waals surface area contributed by atoms with Gasteiger partial charge in [0, 0.05) is 43.1 Å². The normalized spacial score (nSPS) is 31.0. The number of thioether (sulfide) groups is 1. The van der Waals surface area contributed by atoms with E-state index in [1.165, 1.54) is 50.7 Å². The first-order valence-corrected chi connectivity index (χ1v) is 9.60. The van der Waals surface area contributed by atoms with Gasteiger partial charge in [-0.05, 0) is 31.6 Å². The molecule has 3 fully saturated rings. The van der Waals surface area contributed by atoms with Crippen LogP contribution in [0.25, 0.3) is 0 Å². The lowest BCUT2D eigenvalue weighted by atomic mass is 9.83. The number of halogens is 1. The molecule has 3 rings (SSSR count). The quantitative estimate of drug-likeness (QED) is 0.862. The fraction of sp³-hybridized carbons (Fsp3) is 0.938. The average molecular weight is 333 g/mol. The Bertz CT molecular complexity index is 330. The number of amides is 1. The summed E-state index contributed by atoms with van der Waals surface area (Å²) < 4.78 is 0. The minimum absolute atomic E-state index is 0. The van der Waals surface area contributed by atoms with Crippen LogP contribution in [0.5, 0.6) is 0 Å². The van der Waals surface area contributed by atoms with Crippen LogP contribution in [-0.2, 0) is 4.79 Å². The molecule has 2 heterocycles. The second-order valence-electron chi connectivity index (χ2n) is 6.62. The first-order chi connectivity index (χ1) is 9.84. The topological polar surface area (TPSA) is 32.3 Å². The van der Waals surface area contributed by atoms with E-state index in [9.17, 15) is 4.79 Å². The van der Waals surface area contributed by atoms with Crippen molar-refractivity contribution in [2.75, 3.05) is 24.6 Å². The minimum Gasteiger partial charge on any atom is -0.339 e. The molecule has 0 bridgehead atoms. The van der Waals surface area contributed by atoms with E-state index in [0.717, 1.165) is 31.2 Å². The maximum absolute atomic E-state index is 12.6. The van der Waals surface area contributed by atoms with E-state index in [0.29, 0.717) is 18.0 Å². The monoisotopic (exact) mass is 332 g/mol. The predicted molar refractivity (Wildman–Crippen MR) is 92.3 cm³/mol. The third kappa shape index (κ3) is 4.52. The Morgan fingerprint density at radius 3 is 2.67 bits per heavy atom. The second-order valence-corrected chi connectivity index (χ2v) is 7.77. The Balaban J connectivity index is 0.00000161. The van der Waals surface area contributed by atoms with Gasteiger partial charge in [-0.1, -0.05) is 19.3 Å². The van der Waals surface area contributed by atoms with Crippen molar-refractivity contribution in [3.05, 3.63) is 0 Å². The van der Waals surface area contributed by atoms with Crippen molar-refractivity contribution in [2.45, 2.75) is 63.5 Å². The lowest BCUT2D eigenvalue weighted by Crippen LogP contribution is -2.45. The van der Waals surface area contributed by atoms with E-state index in [1.807, 2.05) is 11.8 Å². The summed E-state index contributed by atoms with van der Waals surface area (Å²) in [7, 11) is 0. The number of nitrogens with zero attached hydrogens (tertiary/aromatic N) is 1. The number of hydrogen-bond donors (Lipinski definition) is 1. The first kappa shape index (κ1) is 17.4. The molecule has 0 aromatic heterocycles. The van der Waals surface area contributed by atoms with Gasteiger partial charge in [-0.2, -0.15) is 11.8 Å². The largest absolute Gasteiger partial charge is 0.339 e. The van der Waals surface area contributed by atoms with E-state index >= 15 is 0 Å². The molecule has 0 spiro atoms. The summed E-state index contributed by atoms with van der Waals surface area (Å²) in [4.78, 5) is 14.9. The maximum Gasteiger partial charge on any atom is 0.224 e. The molecule has 5 heteroatoms. The minimum atomic E-state index is 0. The lowest BCUT2D eigenvalue weighted by Gasteiger charge is -2.35. The molecule has 0 aromatic carbocycles. The van der Waals surface area contributed by atoms with Crippen molar-refractivity contribution in [1.82, 2.24) is 10.2 Å².